The van der Waals surface area contributed by atoms with Gasteiger partial charge in [-0.3, -0.25) is 0 Å². The van der Waals surface area contributed by atoms with Gasteiger partial charge < -0.3 is 15.4 Å². The van der Waals surface area contributed by atoms with Gasteiger partial charge in [-0.25, -0.2) is 4.79 Å². The molecule has 0 bridgehead atoms. The average Bonchev–Trinajstić information content (AvgIpc) is 2.52. The molecule has 0 fully saturated rings. The van der Waals surface area contributed by atoms with Gasteiger partial charge in [0.1, 0.15) is 12.4 Å². The highest BCUT2D eigenvalue weighted by Crippen LogP contribution is 2.24. The molecule has 0 aliphatic heterocycles. The van der Waals surface area contributed by atoms with Crippen molar-refractivity contribution in [2.75, 3.05) is 13.2 Å². The van der Waals surface area contributed by atoms with E-state index >= 15 is 0 Å². The Hall–Kier alpha value is -2.20. The fourth-order valence-corrected chi connectivity index (χ4v) is 2.79. The number of halogens is 1. The van der Waals surface area contributed by atoms with E-state index in [0.717, 1.165) is 22.4 Å². The number of nitrogens with one attached hydrogen (secondary N) is 2. The predicted octanol–water partition coefficient (Wildman–Crippen LogP) is 4.14. The van der Waals surface area contributed by atoms with Crippen LogP contribution in [0.5, 0.6) is 5.75 Å². The molecule has 24 heavy (non-hydrogen) atoms. The number of rotatable bonds is 6. The summed E-state index contributed by atoms with van der Waals surface area (Å²) in [4.78, 5) is 11.8. The second kappa shape index (κ2) is 8.60. The number of amides is 2. The Morgan fingerprint density at radius 1 is 1.08 bits per heavy atom. The zero-order valence-electron chi connectivity index (χ0n) is 14.3. The first-order chi connectivity index (χ1) is 11.5. The third kappa shape index (κ3) is 5.17. The number of carbonyl (C=O) groups is 1. The highest BCUT2D eigenvalue weighted by Gasteiger charge is 2.06. The van der Waals surface area contributed by atoms with E-state index in [1.807, 2.05) is 32.0 Å². The Kier molecular flexibility index (Phi) is 6.50. The molecule has 0 aliphatic carbocycles. The summed E-state index contributed by atoms with van der Waals surface area (Å²) >= 11 is 6.05. The fourth-order valence-electron chi connectivity index (χ4n) is 2.59. The number of hydrogen-bond donors (Lipinski definition) is 2. The Morgan fingerprint density at radius 2 is 1.75 bits per heavy atom. The summed E-state index contributed by atoms with van der Waals surface area (Å²) in [5.41, 5.74) is 4.32. The van der Waals surface area contributed by atoms with E-state index in [9.17, 15) is 4.79 Å². The third-order valence-electron chi connectivity index (χ3n) is 3.64. The van der Waals surface area contributed by atoms with Crippen LogP contribution in [0.15, 0.2) is 36.4 Å². The molecule has 128 valence electrons. The van der Waals surface area contributed by atoms with Crippen LogP contribution in [-0.4, -0.2) is 19.2 Å². The molecule has 0 heterocycles. The monoisotopic (exact) mass is 346 g/mol. The van der Waals surface area contributed by atoms with Crippen molar-refractivity contribution < 1.29 is 9.53 Å². The molecule has 0 atom stereocenters. The molecule has 0 unspecified atom stereocenters. The van der Waals surface area contributed by atoms with Gasteiger partial charge in [0, 0.05) is 11.6 Å². The van der Waals surface area contributed by atoms with Crippen LogP contribution >= 0.6 is 11.6 Å². The van der Waals surface area contributed by atoms with E-state index in [4.69, 9.17) is 16.3 Å². The number of urea groups is 1. The highest BCUT2D eigenvalue weighted by molar-refractivity contribution is 6.31. The zero-order chi connectivity index (χ0) is 17.5. The maximum atomic E-state index is 11.8. The highest BCUT2D eigenvalue weighted by atomic mass is 35.5. The second-order valence-electron chi connectivity index (χ2n) is 5.78. The predicted molar refractivity (Wildman–Crippen MR) is 97.8 cm³/mol. The van der Waals surface area contributed by atoms with E-state index in [2.05, 4.69) is 29.7 Å². The largest absolute Gasteiger partial charge is 0.491 e. The van der Waals surface area contributed by atoms with Crippen molar-refractivity contribution >= 4 is 17.6 Å². The van der Waals surface area contributed by atoms with Gasteiger partial charge in [0.25, 0.3) is 0 Å². The van der Waals surface area contributed by atoms with Crippen LogP contribution < -0.4 is 15.4 Å². The summed E-state index contributed by atoms with van der Waals surface area (Å²) in [6.07, 6.45) is 0. The lowest BCUT2D eigenvalue weighted by Gasteiger charge is -2.14. The van der Waals surface area contributed by atoms with Crippen molar-refractivity contribution in [2.45, 2.75) is 27.3 Å². The lowest BCUT2D eigenvalue weighted by molar-refractivity contribution is 0.236. The van der Waals surface area contributed by atoms with Crippen LogP contribution in [0.4, 0.5) is 4.79 Å². The molecule has 0 spiro atoms. The number of ether oxygens (including phenoxy) is 1. The van der Waals surface area contributed by atoms with Gasteiger partial charge in [0.15, 0.2) is 0 Å². The second-order valence-corrected chi connectivity index (χ2v) is 6.18. The normalized spacial score (nSPS) is 10.3. The lowest BCUT2D eigenvalue weighted by atomic mass is 10.1. The molecular weight excluding hydrogens is 324 g/mol. The fraction of sp³-hybridized carbons (Fsp3) is 0.316. The molecule has 0 aromatic heterocycles. The van der Waals surface area contributed by atoms with E-state index in [-0.39, 0.29) is 6.03 Å². The van der Waals surface area contributed by atoms with Crippen LogP contribution in [0.1, 0.15) is 22.3 Å². The first-order valence-corrected chi connectivity index (χ1v) is 8.31. The first kappa shape index (κ1) is 18.1. The van der Waals surface area contributed by atoms with Crippen LogP contribution in [0.2, 0.25) is 5.02 Å². The van der Waals surface area contributed by atoms with Crippen molar-refractivity contribution in [1.29, 1.82) is 0 Å². The number of benzene rings is 2. The maximum absolute atomic E-state index is 11.8. The van der Waals surface area contributed by atoms with Crippen molar-refractivity contribution in [2.24, 2.45) is 0 Å². The van der Waals surface area contributed by atoms with Crippen molar-refractivity contribution in [3.63, 3.8) is 0 Å². The van der Waals surface area contributed by atoms with Gasteiger partial charge in [-0.2, -0.15) is 0 Å². The molecule has 2 rings (SSSR count). The van der Waals surface area contributed by atoms with Crippen LogP contribution in [0.25, 0.3) is 0 Å². The molecule has 0 saturated heterocycles. The minimum Gasteiger partial charge on any atom is -0.491 e. The van der Waals surface area contributed by atoms with Crippen LogP contribution in [0.3, 0.4) is 0 Å². The number of hydrogen-bond acceptors (Lipinski definition) is 2. The summed E-state index contributed by atoms with van der Waals surface area (Å²) < 4.78 is 5.79. The standard InChI is InChI=1S/C19H23ClN2O2/c1-13-10-14(2)18(15(3)11-13)24-9-8-21-19(23)22-12-16-6-4-5-7-17(16)20/h4-7,10-11H,8-9,12H2,1-3H3,(H2,21,22,23). The third-order valence-corrected chi connectivity index (χ3v) is 4.00. The minimum absolute atomic E-state index is 0.240. The molecule has 2 aromatic carbocycles. The van der Waals surface area contributed by atoms with Crippen molar-refractivity contribution in [3.05, 3.63) is 63.7 Å². The molecule has 4 nitrogen and oxygen atoms in total. The molecule has 0 aliphatic rings. The Balaban J connectivity index is 1.73. The molecule has 0 radical (unpaired) electrons. The summed E-state index contributed by atoms with van der Waals surface area (Å²) in [5, 5.41) is 6.20. The Bertz CT molecular complexity index is 693. The molecular formula is C19H23ClN2O2. The van der Waals surface area contributed by atoms with Gasteiger partial charge >= 0.3 is 6.03 Å². The van der Waals surface area contributed by atoms with Gasteiger partial charge in [-0.1, -0.05) is 47.5 Å². The van der Waals surface area contributed by atoms with Crippen molar-refractivity contribution in [1.82, 2.24) is 10.6 Å². The van der Waals surface area contributed by atoms with Crippen LogP contribution in [-0.2, 0) is 6.54 Å². The Labute approximate surface area is 148 Å². The molecule has 2 N–H and O–H groups in total. The van der Waals surface area contributed by atoms with Gasteiger partial charge in [-0.05, 0) is 43.5 Å². The SMILES string of the molecule is Cc1cc(C)c(OCCNC(=O)NCc2ccccc2Cl)c(C)c1. The van der Waals surface area contributed by atoms with Crippen LogP contribution in [0, 0.1) is 20.8 Å². The topological polar surface area (TPSA) is 50.4 Å². The average molecular weight is 347 g/mol. The van der Waals surface area contributed by atoms with E-state index in [0.29, 0.717) is 24.7 Å². The maximum Gasteiger partial charge on any atom is 0.315 e. The Morgan fingerprint density at radius 3 is 2.42 bits per heavy atom. The molecule has 5 heteroatoms. The number of carbonyl (C=O) groups excluding carboxylic acids is 1. The van der Waals surface area contributed by atoms with E-state index in [1.165, 1.54) is 5.56 Å². The molecule has 0 saturated carbocycles. The van der Waals surface area contributed by atoms with Gasteiger partial charge in [0.2, 0.25) is 0 Å². The molecule has 2 amide bonds. The van der Waals surface area contributed by atoms with Gasteiger partial charge in [-0.15, -0.1) is 0 Å². The first-order valence-electron chi connectivity index (χ1n) is 7.93. The number of aryl methyl sites for hydroxylation is 3. The van der Waals surface area contributed by atoms with E-state index in [1.54, 1.807) is 6.07 Å². The minimum atomic E-state index is -0.240. The summed E-state index contributed by atoms with van der Waals surface area (Å²) in [6, 6.07) is 11.4. The van der Waals surface area contributed by atoms with Gasteiger partial charge in [0.05, 0.1) is 6.54 Å². The quantitative estimate of drug-likeness (QED) is 0.772. The molecule has 2 aromatic rings. The summed E-state index contributed by atoms with van der Waals surface area (Å²) in [6.45, 7) is 7.36. The van der Waals surface area contributed by atoms with Crippen molar-refractivity contribution in [3.8, 4) is 5.75 Å². The summed E-state index contributed by atoms with van der Waals surface area (Å²) in [7, 11) is 0. The summed E-state index contributed by atoms with van der Waals surface area (Å²) in [5.74, 6) is 0.888. The lowest BCUT2D eigenvalue weighted by Crippen LogP contribution is -2.37. The smallest absolute Gasteiger partial charge is 0.315 e. The zero-order valence-corrected chi connectivity index (χ0v) is 15.0. The van der Waals surface area contributed by atoms with E-state index < -0.39 is 0 Å².